The van der Waals surface area contributed by atoms with E-state index in [-0.39, 0.29) is 0 Å². The molecule has 18 heavy (non-hydrogen) atoms. The summed E-state index contributed by atoms with van der Waals surface area (Å²) in [5, 5.41) is 3.48. The van der Waals surface area contributed by atoms with Gasteiger partial charge in [-0.25, -0.2) is 0 Å². The van der Waals surface area contributed by atoms with Gasteiger partial charge in [-0.2, -0.15) is 0 Å². The number of nitrogens with one attached hydrogen (secondary N) is 1. The molecule has 3 nitrogen and oxygen atoms in total. The van der Waals surface area contributed by atoms with Gasteiger partial charge < -0.3 is 10.2 Å². The van der Waals surface area contributed by atoms with Gasteiger partial charge in [0.15, 0.2) is 0 Å². The number of rotatable bonds is 7. The minimum absolute atomic E-state index is 0.624. The van der Waals surface area contributed by atoms with E-state index >= 15 is 0 Å². The smallest absolute Gasteiger partial charge is 0.0598 e. The van der Waals surface area contributed by atoms with E-state index < -0.39 is 0 Å². The van der Waals surface area contributed by atoms with Crippen LogP contribution in [0, 0.1) is 5.92 Å². The van der Waals surface area contributed by atoms with Gasteiger partial charge in [-0.15, -0.1) is 0 Å². The number of aromatic nitrogens is 1. The van der Waals surface area contributed by atoms with Gasteiger partial charge in [-0.05, 0) is 50.3 Å². The summed E-state index contributed by atoms with van der Waals surface area (Å²) in [6.45, 7) is 6.53. The van der Waals surface area contributed by atoms with Crippen LogP contribution < -0.4 is 10.2 Å². The fraction of sp³-hybridized carbons (Fsp3) is 0.667. The van der Waals surface area contributed by atoms with Crippen molar-refractivity contribution in [3.63, 3.8) is 0 Å². The Bertz CT molecular complexity index is 374. The second-order valence-corrected chi connectivity index (χ2v) is 5.37. The molecule has 1 N–H and O–H groups in total. The molecule has 3 heteroatoms. The topological polar surface area (TPSA) is 28.2 Å². The minimum atomic E-state index is 0.624. The summed E-state index contributed by atoms with van der Waals surface area (Å²) in [7, 11) is 2.20. The highest BCUT2D eigenvalue weighted by molar-refractivity contribution is 5.52. The molecule has 1 heterocycles. The molecule has 0 saturated heterocycles. The first-order chi connectivity index (χ1) is 8.74. The summed E-state index contributed by atoms with van der Waals surface area (Å²) in [4.78, 5) is 6.68. The van der Waals surface area contributed by atoms with E-state index in [1.54, 1.807) is 0 Å². The van der Waals surface area contributed by atoms with Crippen molar-refractivity contribution in [3.05, 3.63) is 24.0 Å². The number of hydrogen-bond donors (Lipinski definition) is 1. The molecule has 0 aromatic carbocycles. The quantitative estimate of drug-likeness (QED) is 0.751. The van der Waals surface area contributed by atoms with Crippen LogP contribution in [-0.4, -0.2) is 24.6 Å². The molecular formula is C15H25N3. The number of hydrogen-bond acceptors (Lipinski definition) is 3. The van der Waals surface area contributed by atoms with Gasteiger partial charge in [0.05, 0.1) is 11.9 Å². The summed E-state index contributed by atoms with van der Waals surface area (Å²) in [5.74, 6) is 0.881. The summed E-state index contributed by atoms with van der Waals surface area (Å²) < 4.78 is 0. The van der Waals surface area contributed by atoms with Gasteiger partial charge in [0.2, 0.25) is 0 Å². The predicted octanol–water partition coefficient (Wildman–Crippen LogP) is 2.82. The van der Waals surface area contributed by atoms with Crippen LogP contribution in [0.3, 0.4) is 0 Å². The zero-order valence-electron chi connectivity index (χ0n) is 11.8. The third-order valence-electron chi connectivity index (χ3n) is 3.92. The van der Waals surface area contributed by atoms with Crippen LogP contribution >= 0.6 is 0 Å². The van der Waals surface area contributed by atoms with Crippen molar-refractivity contribution in [1.82, 2.24) is 10.3 Å². The Hall–Kier alpha value is -1.09. The normalized spacial score (nSPS) is 16.6. The third-order valence-corrected chi connectivity index (χ3v) is 3.92. The first kappa shape index (κ1) is 13.3. The molecule has 1 aromatic heterocycles. The fourth-order valence-electron chi connectivity index (χ4n) is 2.40. The summed E-state index contributed by atoms with van der Waals surface area (Å²) in [6, 6.07) is 2.76. The van der Waals surface area contributed by atoms with E-state index in [0.29, 0.717) is 6.04 Å². The van der Waals surface area contributed by atoms with E-state index in [2.05, 4.69) is 42.2 Å². The Morgan fingerprint density at radius 3 is 2.94 bits per heavy atom. The average molecular weight is 247 g/mol. The number of nitrogens with zero attached hydrogens (tertiary/aromatic N) is 2. The molecule has 0 radical (unpaired) electrons. The van der Waals surface area contributed by atoms with Crippen molar-refractivity contribution >= 4 is 5.69 Å². The van der Waals surface area contributed by atoms with Crippen molar-refractivity contribution in [2.24, 2.45) is 5.92 Å². The van der Waals surface area contributed by atoms with E-state index in [9.17, 15) is 0 Å². The van der Waals surface area contributed by atoms with Crippen molar-refractivity contribution < 1.29 is 0 Å². The Kier molecular flexibility index (Phi) is 4.59. The lowest BCUT2D eigenvalue weighted by Gasteiger charge is -2.28. The summed E-state index contributed by atoms with van der Waals surface area (Å²) in [6.07, 6.45) is 7.84. The van der Waals surface area contributed by atoms with Crippen LogP contribution in [0.2, 0.25) is 0 Å². The molecule has 0 aliphatic heterocycles. The second-order valence-electron chi connectivity index (χ2n) is 5.37. The second kappa shape index (κ2) is 6.19. The maximum absolute atomic E-state index is 4.29. The van der Waals surface area contributed by atoms with Gasteiger partial charge in [0.25, 0.3) is 0 Å². The van der Waals surface area contributed by atoms with E-state index in [1.807, 2.05) is 12.4 Å². The highest BCUT2D eigenvalue weighted by Gasteiger charge is 2.31. The number of pyridine rings is 1. The summed E-state index contributed by atoms with van der Waals surface area (Å²) >= 11 is 0. The number of anilines is 1. The van der Waals surface area contributed by atoms with Crippen LogP contribution in [0.5, 0.6) is 0 Å². The Morgan fingerprint density at radius 1 is 1.50 bits per heavy atom. The lowest BCUT2D eigenvalue weighted by Crippen LogP contribution is -2.32. The third kappa shape index (κ3) is 3.22. The van der Waals surface area contributed by atoms with Crippen LogP contribution in [-0.2, 0) is 6.54 Å². The molecule has 1 aliphatic carbocycles. The lowest BCUT2D eigenvalue weighted by molar-refractivity contribution is 0.602. The molecule has 2 rings (SSSR count). The Balaban J connectivity index is 2.05. The van der Waals surface area contributed by atoms with Gasteiger partial charge in [0.1, 0.15) is 0 Å². The van der Waals surface area contributed by atoms with E-state index in [1.165, 1.54) is 30.5 Å². The minimum Gasteiger partial charge on any atom is -0.370 e. The van der Waals surface area contributed by atoms with Crippen molar-refractivity contribution in [2.45, 2.75) is 45.7 Å². The molecule has 1 aromatic rings. The maximum atomic E-state index is 4.29. The molecule has 1 unspecified atom stereocenters. The van der Waals surface area contributed by atoms with Gasteiger partial charge in [-0.1, -0.05) is 6.92 Å². The molecule has 1 aliphatic rings. The van der Waals surface area contributed by atoms with Crippen molar-refractivity contribution in [3.8, 4) is 0 Å². The van der Waals surface area contributed by atoms with Gasteiger partial charge in [0, 0.05) is 25.8 Å². The lowest BCUT2D eigenvalue weighted by atomic mass is 10.1. The molecule has 0 bridgehead atoms. The standard InChI is InChI=1S/C15H25N3/c1-4-8-16-10-14-7-9-17-11-15(14)18(3)12(2)13-5-6-13/h7,9,11-13,16H,4-6,8,10H2,1-3H3. The Labute approximate surface area is 111 Å². The van der Waals surface area contributed by atoms with Gasteiger partial charge in [-0.3, -0.25) is 4.98 Å². The monoisotopic (exact) mass is 247 g/mol. The van der Waals surface area contributed by atoms with E-state index in [4.69, 9.17) is 0 Å². The zero-order valence-corrected chi connectivity index (χ0v) is 11.8. The Morgan fingerprint density at radius 2 is 2.28 bits per heavy atom. The van der Waals surface area contributed by atoms with E-state index in [0.717, 1.165) is 19.0 Å². The van der Waals surface area contributed by atoms with Crippen LogP contribution in [0.1, 0.15) is 38.7 Å². The molecule has 100 valence electrons. The first-order valence-corrected chi connectivity index (χ1v) is 7.10. The van der Waals surface area contributed by atoms with Gasteiger partial charge >= 0.3 is 0 Å². The average Bonchev–Trinajstić information content (AvgIpc) is 3.22. The molecule has 1 fully saturated rings. The van der Waals surface area contributed by atoms with Crippen LogP contribution in [0.4, 0.5) is 5.69 Å². The molecule has 1 atom stereocenters. The van der Waals surface area contributed by atoms with Crippen molar-refractivity contribution in [1.29, 1.82) is 0 Å². The maximum Gasteiger partial charge on any atom is 0.0598 e. The SMILES string of the molecule is CCCNCc1ccncc1N(C)C(C)C1CC1. The van der Waals surface area contributed by atoms with Crippen LogP contribution in [0.15, 0.2) is 18.5 Å². The first-order valence-electron chi connectivity index (χ1n) is 7.10. The molecule has 0 spiro atoms. The van der Waals surface area contributed by atoms with Crippen molar-refractivity contribution in [2.75, 3.05) is 18.5 Å². The highest BCUT2D eigenvalue weighted by atomic mass is 15.1. The molecule has 1 saturated carbocycles. The molecular weight excluding hydrogens is 222 g/mol. The fourth-order valence-corrected chi connectivity index (χ4v) is 2.40. The largest absolute Gasteiger partial charge is 0.370 e. The van der Waals surface area contributed by atoms with Crippen LogP contribution in [0.25, 0.3) is 0 Å². The summed E-state index contributed by atoms with van der Waals surface area (Å²) in [5.41, 5.74) is 2.63. The zero-order chi connectivity index (χ0) is 13.0. The predicted molar refractivity (Wildman–Crippen MR) is 76.8 cm³/mol. The molecule has 0 amide bonds. The highest BCUT2D eigenvalue weighted by Crippen LogP contribution is 2.36.